The molecular formula is C60H102NO7+. The molecule has 0 aliphatic heterocycles. The molecule has 68 heavy (non-hydrogen) atoms. The van der Waals surface area contributed by atoms with Gasteiger partial charge in [-0.15, -0.1) is 0 Å². The summed E-state index contributed by atoms with van der Waals surface area (Å²) in [6.45, 7) is 4.51. The maximum Gasteiger partial charge on any atom is 0.362 e. The molecule has 8 heteroatoms. The maximum absolute atomic E-state index is 12.8. The van der Waals surface area contributed by atoms with Crippen LogP contribution in [0.5, 0.6) is 0 Å². The van der Waals surface area contributed by atoms with Gasteiger partial charge in [0.05, 0.1) is 34.4 Å². The summed E-state index contributed by atoms with van der Waals surface area (Å²) in [6.07, 6.45) is 67.4. The van der Waals surface area contributed by atoms with Crippen LogP contribution in [0.15, 0.2) is 97.2 Å². The van der Waals surface area contributed by atoms with Crippen LogP contribution in [0.25, 0.3) is 0 Å². The summed E-state index contributed by atoms with van der Waals surface area (Å²) in [7, 11) is 5.53. The molecule has 0 saturated carbocycles. The second-order valence-electron chi connectivity index (χ2n) is 19.1. The van der Waals surface area contributed by atoms with Gasteiger partial charge in [0.25, 0.3) is 0 Å². The Morgan fingerprint density at radius 3 is 1.15 bits per heavy atom. The Bertz CT molecular complexity index is 1430. The molecule has 0 aliphatic carbocycles. The second-order valence-corrected chi connectivity index (χ2v) is 19.1. The Labute approximate surface area is 417 Å². The van der Waals surface area contributed by atoms with Crippen LogP contribution in [-0.2, 0) is 28.6 Å². The third kappa shape index (κ3) is 47.3. The molecule has 0 fully saturated rings. The van der Waals surface area contributed by atoms with Crippen molar-refractivity contribution < 1.29 is 38.2 Å². The number of allylic oxidation sites excluding steroid dienone is 16. The number of rotatable bonds is 48. The van der Waals surface area contributed by atoms with E-state index in [1.807, 2.05) is 21.1 Å². The summed E-state index contributed by atoms with van der Waals surface area (Å²) < 4.78 is 17.4. The predicted molar refractivity (Wildman–Crippen MR) is 289 cm³/mol. The van der Waals surface area contributed by atoms with Crippen molar-refractivity contribution in [2.24, 2.45) is 0 Å². The number of hydrogen-bond acceptors (Lipinski definition) is 6. The van der Waals surface area contributed by atoms with Gasteiger partial charge in [-0.2, -0.15) is 0 Å². The molecule has 0 aliphatic rings. The van der Waals surface area contributed by atoms with Gasteiger partial charge in [0.2, 0.25) is 0 Å². The van der Waals surface area contributed by atoms with Gasteiger partial charge >= 0.3 is 17.9 Å². The molecular weight excluding hydrogens is 847 g/mol. The van der Waals surface area contributed by atoms with E-state index < -0.39 is 18.1 Å². The topological polar surface area (TPSA) is 99.1 Å². The molecule has 0 aromatic carbocycles. The number of carboxylic acid groups (broad SMARTS) is 1. The van der Waals surface area contributed by atoms with Gasteiger partial charge in [0, 0.05) is 19.3 Å². The van der Waals surface area contributed by atoms with Crippen LogP contribution < -0.4 is 0 Å². The molecule has 0 amide bonds. The van der Waals surface area contributed by atoms with Crippen molar-refractivity contribution in [2.45, 2.75) is 225 Å². The third-order valence-electron chi connectivity index (χ3n) is 11.7. The molecule has 2 atom stereocenters. The fourth-order valence-electron chi connectivity index (χ4n) is 7.60. The van der Waals surface area contributed by atoms with Crippen LogP contribution in [0, 0.1) is 0 Å². The lowest BCUT2D eigenvalue weighted by Crippen LogP contribution is -2.50. The molecule has 1 N–H and O–H groups in total. The Kier molecular flexibility index (Phi) is 46.9. The van der Waals surface area contributed by atoms with Gasteiger partial charge in [0.1, 0.15) is 6.61 Å². The number of carbonyl (C=O) groups excluding carboxylic acids is 2. The zero-order chi connectivity index (χ0) is 49.9. The molecule has 8 nitrogen and oxygen atoms in total. The van der Waals surface area contributed by atoms with Crippen molar-refractivity contribution in [1.29, 1.82) is 0 Å². The average Bonchev–Trinajstić information content (AvgIpc) is 3.30. The number of esters is 2. The molecule has 0 bridgehead atoms. The van der Waals surface area contributed by atoms with E-state index in [-0.39, 0.29) is 36.2 Å². The number of carboxylic acids is 1. The lowest BCUT2D eigenvalue weighted by molar-refractivity contribution is -0.887. The minimum atomic E-state index is -0.879. The number of hydrogen-bond donors (Lipinski definition) is 1. The SMILES string of the molecule is CC/C=C/C/C=C/C/C=C/C/C=C/CCCCCCCCCCCC(=O)OCC(COCCC(C(=O)O)[N+](C)(C)C)OC(=O)CCCCCCCCCCC/C=C/C/C=C/C/C=C/C/C=C/CC. The van der Waals surface area contributed by atoms with Crippen LogP contribution in [-0.4, -0.2) is 80.6 Å². The number of aliphatic carboxylic acids is 1. The molecule has 2 unspecified atom stereocenters. The number of ether oxygens (including phenoxy) is 3. The smallest absolute Gasteiger partial charge is 0.362 e. The lowest BCUT2D eigenvalue weighted by Gasteiger charge is -2.31. The van der Waals surface area contributed by atoms with Crippen LogP contribution in [0.1, 0.15) is 213 Å². The summed E-state index contributed by atoms with van der Waals surface area (Å²) in [5.74, 6) is -1.49. The van der Waals surface area contributed by atoms with Gasteiger partial charge in [-0.05, 0) is 89.9 Å². The summed E-state index contributed by atoms with van der Waals surface area (Å²) >= 11 is 0. The van der Waals surface area contributed by atoms with Crippen molar-refractivity contribution in [3.8, 4) is 0 Å². The molecule has 0 spiro atoms. The first kappa shape index (κ1) is 64.2. The molecule has 0 heterocycles. The summed E-state index contributed by atoms with van der Waals surface area (Å²) in [6, 6.07) is -0.623. The van der Waals surface area contributed by atoms with Crippen molar-refractivity contribution in [2.75, 3.05) is 41.0 Å². The second kappa shape index (κ2) is 49.7. The number of unbranched alkanes of at least 4 members (excludes halogenated alkanes) is 18. The standard InChI is InChI=1S/C60H101NO7/c1-6-8-10-12-14-16-18-20-22-24-26-28-30-32-34-36-38-40-42-44-46-48-50-58(62)67-55-56(54-66-53-52-57(60(64)65)61(3,4)5)68-59(63)51-49-47-45-43-41-39-37-35-33-31-29-27-25-23-21-19-17-15-13-11-9-7-2/h8-11,14-17,20-23,26-29,56-57H,6-7,12-13,18-19,24-25,30-55H2,1-5H3/p+1/b10-8+,11-9+,16-14+,17-15+,22-20+,23-21+,28-26+,29-27+. The Morgan fingerprint density at radius 2 is 0.779 bits per heavy atom. The van der Waals surface area contributed by atoms with E-state index in [2.05, 4.69) is 111 Å². The Morgan fingerprint density at radius 1 is 0.441 bits per heavy atom. The monoisotopic (exact) mass is 949 g/mol. The lowest BCUT2D eigenvalue weighted by atomic mass is 10.1. The van der Waals surface area contributed by atoms with Crippen LogP contribution >= 0.6 is 0 Å². The quantitative estimate of drug-likeness (QED) is 0.0281. The first-order valence-electron chi connectivity index (χ1n) is 27.3. The van der Waals surface area contributed by atoms with Gasteiger partial charge in [-0.3, -0.25) is 9.59 Å². The van der Waals surface area contributed by atoms with Gasteiger partial charge in [-0.1, -0.05) is 201 Å². The molecule has 0 aromatic heterocycles. The largest absolute Gasteiger partial charge is 0.477 e. The summed E-state index contributed by atoms with van der Waals surface area (Å²) in [5, 5.41) is 9.67. The van der Waals surface area contributed by atoms with E-state index in [9.17, 15) is 19.5 Å². The minimum Gasteiger partial charge on any atom is -0.477 e. The van der Waals surface area contributed by atoms with E-state index in [0.717, 1.165) is 103 Å². The molecule has 0 aromatic rings. The highest BCUT2D eigenvalue weighted by molar-refractivity contribution is 5.72. The number of carbonyl (C=O) groups is 3. The fraction of sp³-hybridized carbons (Fsp3) is 0.683. The van der Waals surface area contributed by atoms with Gasteiger partial charge in [-0.25, -0.2) is 4.79 Å². The van der Waals surface area contributed by atoms with Crippen LogP contribution in [0.2, 0.25) is 0 Å². The van der Waals surface area contributed by atoms with Crippen molar-refractivity contribution in [3.63, 3.8) is 0 Å². The Balaban J connectivity index is 4.24. The van der Waals surface area contributed by atoms with Crippen LogP contribution in [0.4, 0.5) is 0 Å². The van der Waals surface area contributed by atoms with Crippen molar-refractivity contribution in [3.05, 3.63) is 97.2 Å². The number of nitrogens with zero attached hydrogens (tertiary/aromatic N) is 1. The minimum absolute atomic E-state index is 0.0520. The van der Waals surface area contributed by atoms with E-state index in [1.54, 1.807) is 0 Å². The molecule has 0 saturated heterocycles. The van der Waals surface area contributed by atoms with E-state index >= 15 is 0 Å². The third-order valence-corrected chi connectivity index (χ3v) is 11.7. The first-order valence-corrected chi connectivity index (χ1v) is 27.3. The molecule has 0 radical (unpaired) electrons. The van der Waals surface area contributed by atoms with Crippen molar-refractivity contribution in [1.82, 2.24) is 0 Å². The zero-order valence-corrected chi connectivity index (χ0v) is 44.3. The van der Waals surface area contributed by atoms with Crippen LogP contribution in [0.3, 0.4) is 0 Å². The fourth-order valence-corrected chi connectivity index (χ4v) is 7.60. The predicted octanol–water partition coefficient (Wildman–Crippen LogP) is 16.2. The van der Waals surface area contributed by atoms with Crippen molar-refractivity contribution >= 4 is 17.9 Å². The molecule has 0 rings (SSSR count). The highest BCUT2D eigenvalue weighted by Gasteiger charge is 2.31. The number of quaternary nitrogens is 1. The highest BCUT2D eigenvalue weighted by atomic mass is 16.6. The average molecular weight is 949 g/mol. The zero-order valence-electron chi connectivity index (χ0n) is 44.3. The van der Waals surface area contributed by atoms with E-state index in [0.29, 0.717) is 19.3 Å². The summed E-state index contributed by atoms with van der Waals surface area (Å²) in [4.78, 5) is 37.3. The van der Waals surface area contributed by atoms with Gasteiger partial charge < -0.3 is 23.8 Å². The normalized spacial score (nSPS) is 13.6. The first-order chi connectivity index (χ1) is 33.1. The maximum atomic E-state index is 12.8. The highest BCUT2D eigenvalue weighted by Crippen LogP contribution is 2.15. The Hall–Kier alpha value is -3.75. The molecule has 388 valence electrons. The van der Waals surface area contributed by atoms with E-state index in [4.69, 9.17) is 14.2 Å². The summed E-state index contributed by atoms with van der Waals surface area (Å²) in [5.41, 5.74) is 0. The van der Waals surface area contributed by atoms with Gasteiger partial charge in [0.15, 0.2) is 12.1 Å². The number of likely N-dealkylation sites (N-methyl/N-ethyl adjacent to an activating group) is 1. The van der Waals surface area contributed by atoms with E-state index in [1.165, 1.54) is 77.0 Å².